The SMILES string of the molecule is CCc1ccc(-c2nnc(C(Cl)c3ccccc3)s2)o1. The van der Waals surface area contributed by atoms with Gasteiger partial charge in [-0.15, -0.1) is 21.8 Å². The molecule has 0 fully saturated rings. The van der Waals surface area contributed by atoms with Gasteiger partial charge in [-0.3, -0.25) is 0 Å². The fourth-order valence-corrected chi connectivity index (χ4v) is 3.02. The maximum Gasteiger partial charge on any atom is 0.183 e. The van der Waals surface area contributed by atoms with Crippen LogP contribution in [0, 0.1) is 0 Å². The average Bonchev–Trinajstić information content (AvgIpc) is 3.16. The first-order chi connectivity index (χ1) is 9.78. The Kier molecular flexibility index (Phi) is 3.85. The van der Waals surface area contributed by atoms with Crippen molar-refractivity contribution in [2.45, 2.75) is 18.7 Å². The van der Waals surface area contributed by atoms with Gasteiger partial charge in [0.05, 0.1) is 0 Å². The summed E-state index contributed by atoms with van der Waals surface area (Å²) in [6, 6.07) is 13.8. The third-order valence-electron chi connectivity index (χ3n) is 2.97. The summed E-state index contributed by atoms with van der Waals surface area (Å²) in [6.45, 7) is 2.05. The van der Waals surface area contributed by atoms with Crippen LogP contribution in [0.4, 0.5) is 0 Å². The van der Waals surface area contributed by atoms with Crippen molar-refractivity contribution in [3.8, 4) is 10.8 Å². The van der Waals surface area contributed by atoms with E-state index in [0.29, 0.717) is 0 Å². The topological polar surface area (TPSA) is 38.9 Å². The molecule has 3 aromatic rings. The minimum absolute atomic E-state index is 0.275. The van der Waals surface area contributed by atoms with Crippen molar-refractivity contribution in [2.75, 3.05) is 0 Å². The van der Waals surface area contributed by atoms with Crippen molar-refractivity contribution in [1.29, 1.82) is 0 Å². The van der Waals surface area contributed by atoms with E-state index in [2.05, 4.69) is 17.1 Å². The Morgan fingerprint density at radius 3 is 2.65 bits per heavy atom. The van der Waals surface area contributed by atoms with Gasteiger partial charge in [0.25, 0.3) is 0 Å². The molecule has 1 aromatic carbocycles. The van der Waals surface area contributed by atoms with Crippen LogP contribution < -0.4 is 0 Å². The monoisotopic (exact) mass is 304 g/mol. The number of halogens is 1. The van der Waals surface area contributed by atoms with E-state index >= 15 is 0 Å². The van der Waals surface area contributed by atoms with Gasteiger partial charge in [0.15, 0.2) is 10.8 Å². The molecule has 0 saturated carbocycles. The first kappa shape index (κ1) is 13.3. The van der Waals surface area contributed by atoms with E-state index in [0.717, 1.165) is 33.5 Å². The van der Waals surface area contributed by atoms with Gasteiger partial charge in [0.1, 0.15) is 16.1 Å². The van der Waals surface area contributed by atoms with Crippen LogP contribution in [-0.2, 0) is 6.42 Å². The van der Waals surface area contributed by atoms with Crippen molar-refractivity contribution in [3.05, 3.63) is 58.8 Å². The molecule has 0 aliphatic carbocycles. The molecule has 0 aliphatic rings. The van der Waals surface area contributed by atoms with Crippen molar-refractivity contribution >= 4 is 22.9 Å². The van der Waals surface area contributed by atoms with Gasteiger partial charge in [0.2, 0.25) is 0 Å². The number of aromatic nitrogens is 2. The van der Waals surface area contributed by atoms with E-state index in [-0.39, 0.29) is 5.38 Å². The minimum atomic E-state index is -0.275. The molecule has 3 rings (SSSR count). The van der Waals surface area contributed by atoms with Crippen molar-refractivity contribution < 1.29 is 4.42 Å². The number of hydrogen-bond acceptors (Lipinski definition) is 4. The van der Waals surface area contributed by atoms with Crippen LogP contribution in [0.15, 0.2) is 46.9 Å². The largest absolute Gasteiger partial charge is 0.459 e. The lowest BCUT2D eigenvalue weighted by atomic mass is 10.1. The predicted molar refractivity (Wildman–Crippen MR) is 81.1 cm³/mol. The van der Waals surface area contributed by atoms with Gasteiger partial charge in [-0.05, 0) is 17.7 Å². The number of nitrogens with zero attached hydrogens (tertiary/aromatic N) is 2. The summed E-state index contributed by atoms with van der Waals surface area (Å²) in [5.41, 5.74) is 1.02. The van der Waals surface area contributed by atoms with E-state index in [1.807, 2.05) is 42.5 Å². The highest BCUT2D eigenvalue weighted by Crippen LogP contribution is 2.34. The number of furan rings is 1. The quantitative estimate of drug-likeness (QED) is 0.656. The van der Waals surface area contributed by atoms with E-state index in [1.54, 1.807) is 0 Å². The highest BCUT2D eigenvalue weighted by molar-refractivity contribution is 7.14. The maximum atomic E-state index is 6.44. The summed E-state index contributed by atoms with van der Waals surface area (Å²) in [5, 5.41) is 9.62. The summed E-state index contributed by atoms with van der Waals surface area (Å²) in [6.07, 6.45) is 0.869. The Hall–Kier alpha value is -1.65. The highest BCUT2D eigenvalue weighted by Gasteiger charge is 2.18. The second-order valence-corrected chi connectivity index (χ2v) is 5.78. The Labute approximate surface area is 126 Å². The molecule has 0 N–H and O–H groups in total. The van der Waals surface area contributed by atoms with Crippen molar-refractivity contribution in [1.82, 2.24) is 10.2 Å². The normalized spacial score (nSPS) is 12.5. The van der Waals surface area contributed by atoms with E-state index in [4.69, 9.17) is 16.0 Å². The Bertz CT molecular complexity index is 693. The average molecular weight is 305 g/mol. The molecule has 0 spiro atoms. The van der Waals surface area contributed by atoms with Gasteiger partial charge in [-0.2, -0.15) is 0 Å². The maximum absolute atomic E-state index is 6.44. The van der Waals surface area contributed by atoms with Crippen molar-refractivity contribution in [3.63, 3.8) is 0 Å². The van der Waals surface area contributed by atoms with Crippen LogP contribution in [-0.4, -0.2) is 10.2 Å². The number of benzene rings is 1. The molecule has 0 bridgehead atoms. The van der Waals surface area contributed by atoms with Gasteiger partial charge < -0.3 is 4.42 Å². The molecule has 3 nitrogen and oxygen atoms in total. The van der Waals surface area contributed by atoms with Crippen molar-refractivity contribution in [2.24, 2.45) is 0 Å². The highest BCUT2D eigenvalue weighted by atomic mass is 35.5. The second kappa shape index (κ2) is 5.77. The van der Waals surface area contributed by atoms with Crippen LogP contribution in [0.1, 0.15) is 28.6 Å². The molecule has 0 saturated heterocycles. The summed E-state index contributed by atoms with van der Waals surface area (Å²) < 4.78 is 5.68. The zero-order chi connectivity index (χ0) is 13.9. The Morgan fingerprint density at radius 1 is 1.15 bits per heavy atom. The van der Waals surface area contributed by atoms with Crippen LogP contribution in [0.3, 0.4) is 0 Å². The van der Waals surface area contributed by atoms with E-state index in [9.17, 15) is 0 Å². The summed E-state index contributed by atoms with van der Waals surface area (Å²) in [7, 11) is 0. The van der Waals surface area contributed by atoms with Gasteiger partial charge in [-0.25, -0.2) is 0 Å². The van der Waals surface area contributed by atoms with Gasteiger partial charge >= 0.3 is 0 Å². The lowest BCUT2D eigenvalue weighted by Crippen LogP contribution is -1.91. The molecule has 5 heteroatoms. The van der Waals surface area contributed by atoms with Gasteiger partial charge in [0, 0.05) is 6.42 Å². The third-order valence-corrected chi connectivity index (χ3v) is 4.56. The molecule has 0 radical (unpaired) electrons. The smallest absolute Gasteiger partial charge is 0.183 e. The summed E-state index contributed by atoms with van der Waals surface area (Å²) in [5.74, 6) is 1.70. The third kappa shape index (κ3) is 2.62. The van der Waals surface area contributed by atoms with Crippen LogP contribution in [0.2, 0.25) is 0 Å². The Balaban J connectivity index is 1.86. The zero-order valence-electron chi connectivity index (χ0n) is 10.9. The molecule has 102 valence electrons. The first-order valence-corrected chi connectivity index (χ1v) is 7.64. The predicted octanol–water partition coefficient (Wildman–Crippen LogP) is 4.69. The minimum Gasteiger partial charge on any atom is -0.459 e. The molecule has 2 heterocycles. The molecule has 1 atom stereocenters. The lowest BCUT2D eigenvalue weighted by Gasteiger charge is -2.04. The van der Waals surface area contributed by atoms with E-state index < -0.39 is 0 Å². The summed E-state index contributed by atoms with van der Waals surface area (Å²) >= 11 is 7.91. The molecule has 1 unspecified atom stereocenters. The molecule has 2 aromatic heterocycles. The van der Waals surface area contributed by atoms with E-state index in [1.165, 1.54) is 11.3 Å². The molecule has 0 aliphatic heterocycles. The molecule has 20 heavy (non-hydrogen) atoms. The standard InChI is InChI=1S/C15H13ClN2OS/c1-2-11-8-9-12(19-11)14-17-18-15(20-14)13(16)10-6-4-3-5-7-10/h3-9,13H,2H2,1H3. The van der Waals surface area contributed by atoms with Gasteiger partial charge in [-0.1, -0.05) is 48.6 Å². The zero-order valence-corrected chi connectivity index (χ0v) is 12.5. The fraction of sp³-hybridized carbons (Fsp3) is 0.200. The number of aryl methyl sites for hydroxylation is 1. The van der Waals surface area contributed by atoms with Crippen LogP contribution >= 0.6 is 22.9 Å². The number of hydrogen-bond donors (Lipinski definition) is 0. The first-order valence-electron chi connectivity index (χ1n) is 6.39. The van der Waals surface area contributed by atoms with Crippen LogP contribution in [0.25, 0.3) is 10.8 Å². The Morgan fingerprint density at radius 2 is 1.95 bits per heavy atom. The van der Waals surface area contributed by atoms with Crippen LogP contribution in [0.5, 0.6) is 0 Å². The summed E-state index contributed by atoms with van der Waals surface area (Å²) in [4.78, 5) is 0. The molecular formula is C15H13ClN2OS. The fourth-order valence-electron chi connectivity index (χ4n) is 1.88. The molecule has 0 amide bonds. The molecular weight excluding hydrogens is 292 g/mol. The lowest BCUT2D eigenvalue weighted by molar-refractivity contribution is 0.528. The second-order valence-electron chi connectivity index (χ2n) is 4.34. The number of alkyl halides is 1. The number of rotatable bonds is 4.